The van der Waals surface area contributed by atoms with Crippen LogP contribution in [-0.2, 0) is 4.74 Å². The van der Waals surface area contributed by atoms with Gasteiger partial charge in [-0.2, -0.15) is 0 Å². The van der Waals surface area contributed by atoms with Crippen molar-refractivity contribution in [3.63, 3.8) is 0 Å². The summed E-state index contributed by atoms with van der Waals surface area (Å²) in [5, 5.41) is 0. The van der Waals surface area contributed by atoms with Crippen LogP contribution < -0.4 is 5.56 Å². The number of piperidine rings is 1. The molecule has 2 fully saturated rings. The number of carbonyl (C=O) groups excluding carboxylic acids is 1. The lowest BCUT2D eigenvalue weighted by Crippen LogP contribution is -2.45. The van der Waals surface area contributed by atoms with E-state index in [1.165, 1.54) is 0 Å². The van der Waals surface area contributed by atoms with Crippen molar-refractivity contribution in [1.29, 1.82) is 0 Å². The highest BCUT2D eigenvalue weighted by molar-refractivity contribution is 5.95. The summed E-state index contributed by atoms with van der Waals surface area (Å²) in [5.41, 5.74) is 0.984. The Labute approximate surface area is 137 Å². The van der Waals surface area contributed by atoms with Crippen LogP contribution in [0.4, 0.5) is 0 Å². The molecular weight excluding hydrogens is 292 g/mol. The quantitative estimate of drug-likeness (QED) is 0.838. The smallest absolute Gasteiger partial charge is 0.263 e. The summed E-state index contributed by atoms with van der Waals surface area (Å²) in [5.74, 6) is -0.132. The van der Waals surface area contributed by atoms with Crippen molar-refractivity contribution in [2.75, 3.05) is 19.7 Å². The Hall–Kier alpha value is -1.62. The largest absolute Gasteiger partial charge is 0.376 e. The molecule has 0 spiro atoms. The van der Waals surface area contributed by atoms with Crippen LogP contribution in [0.1, 0.15) is 61.0 Å². The second-order valence-electron chi connectivity index (χ2n) is 6.70. The molecule has 0 N–H and O–H groups in total. The van der Waals surface area contributed by atoms with Crippen LogP contribution in [0, 0.1) is 6.92 Å². The lowest BCUT2D eigenvalue weighted by molar-refractivity contribution is 0.00200. The van der Waals surface area contributed by atoms with Gasteiger partial charge in [0.05, 0.1) is 6.10 Å². The molecule has 1 unspecified atom stereocenters. The van der Waals surface area contributed by atoms with Crippen molar-refractivity contribution < 1.29 is 9.53 Å². The average molecular weight is 318 g/mol. The minimum atomic E-state index is -0.132. The minimum absolute atomic E-state index is 0.0994. The molecule has 5 nitrogen and oxygen atoms in total. The van der Waals surface area contributed by atoms with Gasteiger partial charge in [0.1, 0.15) is 5.56 Å². The van der Waals surface area contributed by atoms with Gasteiger partial charge in [0.2, 0.25) is 0 Å². The molecule has 23 heavy (non-hydrogen) atoms. The molecule has 0 bridgehead atoms. The number of hydrogen-bond acceptors (Lipinski definition) is 3. The number of rotatable bonds is 5. The highest BCUT2D eigenvalue weighted by atomic mass is 16.5. The van der Waals surface area contributed by atoms with Crippen LogP contribution in [0.2, 0.25) is 0 Å². The van der Waals surface area contributed by atoms with Crippen LogP contribution in [0.5, 0.6) is 0 Å². The first-order chi connectivity index (χ1) is 11.1. The minimum Gasteiger partial charge on any atom is -0.376 e. The van der Waals surface area contributed by atoms with Gasteiger partial charge in [-0.3, -0.25) is 9.59 Å². The Bertz CT molecular complexity index is 634. The molecule has 1 amide bonds. The van der Waals surface area contributed by atoms with Gasteiger partial charge in [0.25, 0.3) is 11.5 Å². The summed E-state index contributed by atoms with van der Waals surface area (Å²) < 4.78 is 7.53. The van der Waals surface area contributed by atoms with Gasteiger partial charge in [0, 0.05) is 31.9 Å². The average Bonchev–Trinajstić information content (AvgIpc) is 3.38. The summed E-state index contributed by atoms with van der Waals surface area (Å²) >= 11 is 0. The summed E-state index contributed by atoms with van der Waals surface area (Å²) in [7, 11) is 0. The van der Waals surface area contributed by atoms with Gasteiger partial charge < -0.3 is 14.2 Å². The molecule has 1 atom stereocenters. The van der Waals surface area contributed by atoms with Crippen LogP contribution in [0.25, 0.3) is 0 Å². The SMILES string of the molecule is CCCOC1CCCN(C(=O)c2c(C)ccn(C3CC3)c2=O)C1. The lowest BCUT2D eigenvalue weighted by atomic mass is 10.0. The molecule has 0 aromatic carbocycles. The number of aryl methyl sites for hydroxylation is 1. The second-order valence-corrected chi connectivity index (χ2v) is 6.70. The van der Waals surface area contributed by atoms with E-state index in [0.717, 1.165) is 44.3 Å². The first kappa shape index (κ1) is 16.2. The number of likely N-dealkylation sites (tertiary alicyclic amines) is 1. The van der Waals surface area contributed by atoms with E-state index < -0.39 is 0 Å². The topological polar surface area (TPSA) is 51.5 Å². The Morgan fingerprint density at radius 1 is 1.35 bits per heavy atom. The molecule has 1 aliphatic heterocycles. The third-order valence-corrected chi connectivity index (χ3v) is 4.71. The third kappa shape index (κ3) is 3.50. The van der Waals surface area contributed by atoms with E-state index >= 15 is 0 Å². The van der Waals surface area contributed by atoms with Crippen molar-refractivity contribution in [2.45, 2.75) is 58.1 Å². The first-order valence-corrected chi connectivity index (χ1v) is 8.74. The summed E-state index contributed by atoms with van der Waals surface area (Å²) in [6.07, 6.45) is 6.90. The molecule has 3 rings (SSSR count). The Morgan fingerprint density at radius 2 is 2.13 bits per heavy atom. The van der Waals surface area contributed by atoms with E-state index in [0.29, 0.717) is 18.7 Å². The highest BCUT2D eigenvalue weighted by Crippen LogP contribution is 2.33. The van der Waals surface area contributed by atoms with Gasteiger partial charge in [-0.1, -0.05) is 6.92 Å². The fraction of sp³-hybridized carbons (Fsp3) is 0.667. The number of hydrogen-bond donors (Lipinski definition) is 0. The van der Waals surface area contributed by atoms with Gasteiger partial charge in [-0.05, 0) is 50.7 Å². The number of pyridine rings is 1. The van der Waals surface area contributed by atoms with Crippen LogP contribution in [0.3, 0.4) is 0 Å². The zero-order valence-corrected chi connectivity index (χ0v) is 14.1. The van der Waals surface area contributed by atoms with Crippen LogP contribution in [-0.4, -0.2) is 41.2 Å². The molecular formula is C18H26N2O3. The molecule has 5 heteroatoms. The van der Waals surface area contributed by atoms with E-state index in [4.69, 9.17) is 4.74 Å². The number of ether oxygens (including phenoxy) is 1. The predicted molar refractivity (Wildman–Crippen MR) is 88.9 cm³/mol. The molecule has 0 radical (unpaired) electrons. The maximum Gasteiger partial charge on any atom is 0.263 e. The van der Waals surface area contributed by atoms with Gasteiger partial charge in [0.15, 0.2) is 0 Å². The normalized spacial score (nSPS) is 21.5. The monoisotopic (exact) mass is 318 g/mol. The van der Waals surface area contributed by atoms with Crippen LogP contribution >= 0.6 is 0 Å². The van der Waals surface area contributed by atoms with Gasteiger partial charge in [-0.25, -0.2) is 0 Å². The standard InChI is InChI=1S/C18H26N2O3/c1-3-11-23-15-5-4-9-19(12-15)17(21)16-13(2)8-10-20(18(16)22)14-6-7-14/h8,10,14-15H,3-7,9,11-12H2,1-2H3. The second kappa shape index (κ2) is 6.87. The van der Waals surface area contributed by atoms with Crippen molar-refractivity contribution in [2.24, 2.45) is 0 Å². The van der Waals surface area contributed by atoms with E-state index in [9.17, 15) is 9.59 Å². The van der Waals surface area contributed by atoms with Gasteiger partial charge in [-0.15, -0.1) is 0 Å². The molecule has 1 saturated carbocycles. The fourth-order valence-electron chi connectivity index (χ4n) is 3.24. The molecule has 1 aromatic rings. The number of aromatic nitrogens is 1. The van der Waals surface area contributed by atoms with Crippen molar-refractivity contribution in [3.8, 4) is 0 Å². The predicted octanol–water partition coefficient (Wildman–Crippen LogP) is 2.52. The highest BCUT2D eigenvalue weighted by Gasteiger charge is 2.30. The Morgan fingerprint density at radius 3 is 2.83 bits per heavy atom. The lowest BCUT2D eigenvalue weighted by Gasteiger charge is -2.33. The maximum absolute atomic E-state index is 12.9. The summed E-state index contributed by atoms with van der Waals surface area (Å²) in [4.78, 5) is 27.4. The zero-order chi connectivity index (χ0) is 16.4. The molecule has 2 heterocycles. The molecule has 126 valence electrons. The Kier molecular flexibility index (Phi) is 4.85. The summed E-state index contributed by atoms with van der Waals surface area (Å²) in [6, 6.07) is 2.18. The number of amides is 1. The van der Waals surface area contributed by atoms with E-state index in [1.54, 1.807) is 9.47 Å². The summed E-state index contributed by atoms with van der Waals surface area (Å²) in [6.45, 7) is 5.96. The van der Waals surface area contributed by atoms with Gasteiger partial charge >= 0.3 is 0 Å². The molecule has 1 aliphatic carbocycles. The fourth-order valence-corrected chi connectivity index (χ4v) is 3.24. The number of nitrogens with zero attached hydrogens (tertiary/aromatic N) is 2. The van der Waals surface area contributed by atoms with E-state index in [1.807, 2.05) is 19.2 Å². The van der Waals surface area contributed by atoms with Crippen molar-refractivity contribution in [3.05, 3.63) is 33.7 Å². The van der Waals surface area contributed by atoms with E-state index in [-0.39, 0.29) is 23.6 Å². The zero-order valence-electron chi connectivity index (χ0n) is 14.1. The van der Waals surface area contributed by atoms with Crippen molar-refractivity contribution >= 4 is 5.91 Å². The van der Waals surface area contributed by atoms with E-state index in [2.05, 4.69) is 6.92 Å². The maximum atomic E-state index is 12.9. The third-order valence-electron chi connectivity index (χ3n) is 4.71. The molecule has 1 aromatic heterocycles. The number of carbonyl (C=O) groups is 1. The van der Waals surface area contributed by atoms with Crippen molar-refractivity contribution in [1.82, 2.24) is 9.47 Å². The van der Waals surface area contributed by atoms with Crippen LogP contribution in [0.15, 0.2) is 17.1 Å². The first-order valence-electron chi connectivity index (χ1n) is 8.74. The molecule has 1 saturated heterocycles. The molecule has 2 aliphatic rings. The Balaban J connectivity index is 1.79.